The summed E-state index contributed by atoms with van der Waals surface area (Å²) in [5.74, 6) is -2.02. The minimum atomic E-state index is -1.61. The van der Waals surface area contributed by atoms with Crippen LogP contribution in [-0.2, 0) is 4.79 Å². The van der Waals surface area contributed by atoms with Gasteiger partial charge in [0.25, 0.3) is 5.91 Å². The molecule has 0 saturated carbocycles. The molecule has 3 heterocycles. The second-order valence-corrected chi connectivity index (χ2v) is 8.57. The summed E-state index contributed by atoms with van der Waals surface area (Å²) in [5.41, 5.74) is 1.90. The number of nitrogens with one attached hydrogen (secondary N) is 1. The minimum absolute atomic E-state index is 0.165. The van der Waals surface area contributed by atoms with Gasteiger partial charge in [-0.1, -0.05) is 12.1 Å². The first-order valence-electron chi connectivity index (χ1n) is 12.0. The van der Waals surface area contributed by atoms with Gasteiger partial charge in [0.15, 0.2) is 11.6 Å². The van der Waals surface area contributed by atoms with Crippen molar-refractivity contribution >= 4 is 22.9 Å². The van der Waals surface area contributed by atoms with E-state index in [9.17, 15) is 24.9 Å². The van der Waals surface area contributed by atoms with Crippen molar-refractivity contribution in [3.8, 4) is 45.6 Å². The normalized spacial score (nSPS) is 11.7. The zero-order valence-corrected chi connectivity index (χ0v) is 21.6. The molecule has 4 N–H and O–H groups in total. The second kappa shape index (κ2) is 11.2. The Morgan fingerprint density at radius 1 is 0.878 bits per heavy atom. The highest BCUT2D eigenvalue weighted by atomic mass is 16.7. The lowest BCUT2D eigenvalue weighted by molar-refractivity contribution is -0.148. The monoisotopic (exact) mass is 561 g/mol. The Hall–Kier alpha value is -5.63. The molecule has 0 bridgehead atoms. The Labute approximate surface area is 231 Å². The lowest BCUT2D eigenvalue weighted by Gasteiger charge is -2.17. The van der Waals surface area contributed by atoms with Crippen molar-refractivity contribution < 1.29 is 43.8 Å². The van der Waals surface area contributed by atoms with E-state index in [-0.39, 0.29) is 28.0 Å². The average molecular weight is 562 g/mol. The minimum Gasteiger partial charge on any atom is -0.497 e. The topological polar surface area (TPSA) is 191 Å². The van der Waals surface area contributed by atoms with E-state index < -0.39 is 36.3 Å². The van der Waals surface area contributed by atoms with Crippen molar-refractivity contribution in [2.45, 2.75) is 6.04 Å². The zero-order chi connectivity index (χ0) is 29.1. The van der Waals surface area contributed by atoms with Crippen molar-refractivity contribution in [1.29, 1.82) is 0 Å². The van der Waals surface area contributed by atoms with Crippen LogP contribution >= 0.6 is 0 Å². The third-order valence-electron chi connectivity index (χ3n) is 6.12. The van der Waals surface area contributed by atoms with Crippen LogP contribution in [-0.4, -0.2) is 74.1 Å². The van der Waals surface area contributed by atoms with E-state index in [4.69, 9.17) is 18.9 Å². The molecule has 0 aliphatic rings. The molecule has 1 unspecified atom stereocenters. The summed E-state index contributed by atoms with van der Waals surface area (Å²) < 4.78 is 15.9. The maximum Gasteiger partial charge on any atom is 0.357 e. The Morgan fingerprint density at radius 2 is 1.44 bits per heavy atom. The van der Waals surface area contributed by atoms with Crippen LogP contribution in [0.15, 0.2) is 65.3 Å². The maximum atomic E-state index is 13.7. The Balaban J connectivity index is 1.59. The first-order chi connectivity index (χ1) is 19.8. The van der Waals surface area contributed by atoms with Crippen LogP contribution in [0.25, 0.3) is 33.4 Å². The first-order valence-corrected chi connectivity index (χ1v) is 12.0. The summed E-state index contributed by atoms with van der Waals surface area (Å²) in [6.07, 6.45) is 0. The lowest BCUT2D eigenvalue weighted by atomic mass is 9.98. The number of aromatic nitrogens is 4. The summed E-state index contributed by atoms with van der Waals surface area (Å²) in [6.45, 7) is -0.871. The number of nitrogens with zero attached hydrogens (tertiary/aromatic N) is 4. The van der Waals surface area contributed by atoms with Gasteiger partial charge in [-0.3, -0.25) is 4.79 Å². The fraction of sp³-hybridized carbons (Fsp3) is 0.148. The number of hydrogen-bond donors (Lipinski definition) is 4. The van der Waals surface area contributed by atoms with Gasteiger partial charge in [0.1, 0.15) is 28.4 Å². The predicted octanol–water partition coefficient (Wildman–Crippen LogP) is 1.93. The van der Waals surface area contributed by atoms with Gasteiger partial charge in [0, 0.05) is 23.3 Å². The number of carbonyl (C=O) groups excluding carboxylic acids is 2. The van der Waals surface area contributed by atoms with E-state index in [1.165, 1.54) is 14.2 Å². The summed E-state index contributed by atoms with van der Waals surface area (Å²) in [5, 5.41) is 39.9. The molecule has 1 atom stereocenters. The quantitative estimate of drug-likeness (QED) is 0.205. The lowest BCUT2D eigenvalue weighted by Crippen LogP contribution is -2.47. The zero-order valence-electron chi connectivity index (χ0n) is 21.6. The van der Waals surface area contributed by atoms with E-state index >= 15 is 0 Å². The molecule has 5 aromatic rings. The highest BCUT2D eigenvalue weighted by Gasteiger charge is 2.30. The number of rotatable bonds is 9. The van der Waals surface area contributed by atoms with Crippen molar-refractivity contribution in [3.63, 3.8) is 0 Å². The average Bonchev–Trinajstić information content (AvgIpc) is 3.61. The molecule has 41 heavy (non-hydrogen) atoms. The first kappa shape index (κ1) is 27.0. The van der Waals surface area contributed by atoms with Crippen LogP contribution in [0.5, 0.6) is 23.3 Å². The van der Waals surface area contributed by atoms with E-state index in [2.05, 4.69) is 20.6 Å². The van der Waals surface area contributed by atoms with Crippen LogP contribution in [0.2, 0.25) is 0 Å². The molecule has 0 aliphatic carbocycles. The van der Waals surface area contributed by atoms with Gasteiger partial charge in [-0.05, 0) is 52.3 Å². The molecule has 0 spiro atoms. The number of aliphatic hydroxyl groups is 1. The molecule has 0 radical (unpaired) electrons. The largest absolute Gasteiger partial charge is 0.497 e. The molecule has 210 valence electrons. The van der Waals surface area contributed by atoms with Gasteiger partial charge >= 0.3 is 5.97 Å². The smallest absolute Gasteiger partial charge is 0.357 e. The Morgan fingerprint density at radius 3 is 2.00 bits per heavy atom. The molecule has 14 heteroatoms. The number of ether oxygens (including phenoxy) is 2. The number of pyridine rings is 1. The van der Waals surface area contributed by atoms with Gasteiger partial charge in [-0.25, -0.2) is 14.4 Å². The van der Waals surface area contributed by atoms with Gasteiger partial charge < -0.3 is 34.9 Å². The van der Waals surface area contributed by atoms with Crippen LogP contribution in [0.3, 0.4) is 0 Å². The number of hydrogen-bond acceptors (Lipinski definition) is 12. The number of methoxy groups -OCH3 is 2. The number of carbonyl (C=O) groups is 2. The second-order valence-electron chi connectivity index (χ2n) is 8.57. The van der Waals surface area contributed by atoms with E-state index in [0.717, 1.165) is 12.1 Å². The van der Waals surface area contributed by atoms with Gasteiger partial charge in [0.2, 0.25) is 11.8 Å². The molecule has 0 saturated heterocycles. The summed E-state index contributed by atoms with van der Waals surface area (Å²) in [7, 11) is 3.04. The molecular formula is C27H23N5O9. The molecule has 3 aromatic heterocycles. The Kier molecular flexibility index (Phi) is 7.39. The predicted molar refractivity (Wildman–Crippen MR) is 141 cm³/mol. The highest BCUT2D eigenvalue weighted by Crippen LogP contribution is 2.36. The molecule has 2 aromatic carbocycles. The molecule has 14 nitrogen and oxygen atoms in total. The fourth-order valence-electron chi connectivity index (χ4n) is 4.04. The molecular weight excluding hydrogens is 538 g/mol. The number of aliphatic hydroxyl groups excluding tert-OH is 1. The van der Waals surface area contributed by atoms with E-state index in [1.807, 2.05) is 0 Å². The summed E-state index contributed by atoms with van der Waals surface area (Å²) in [6, 6.07) is 14.1. The SMILES string of the molecule is COc1ccc(-c2nc(C(=O)NC(CO)C(=O)On3c(O)ccc3O)c(-c3ccc(OC)cc3)c3nonc23)cc1. The van der Waals surface area contributed by atoms with Gasteiger partial charge in [0.05, 0.1) is 20.8 Å². The number of fused-ring (bicyclic) bond motifs is 1. The van der Waals surface area contributed by atoms with Crippen molar-refractivity contribution in [2.24, 2.45) is 0 Å². The summed E-state index contributed by atoms with van der Waals surface area (Å²) in [4.78, 5) is 36.0. The number of amides is 1. The van der Waals surface area contributed by atoms with Gasteiger partial charge in [-0.2, -0.15) is 0 Å². The molecule has 1 amide bonds. The molecule has 5 rings (SSSR count). The van der Waals surface area contributed by atoms with Crippen LogP contribution in [0, 0.1) is 0 Å². The third kappa shape index (κ3) is 5.18. The van der Waals surface area contributed by atoms with Crippen molar-refractivity contribution in [1.82, 2.24) is 25.3 Å². The van der Waals surface area contributed by atoms with Crippen molar-refractivity contribution in [2.75, 3.05) is 20.8 Å². The molecule has 0 fully saturated rings. The van der Waals surface area contributed by atoms with Crippen LogP contribution in [0.4, 0.5) is 0 Å². The van der Waals surface area contributed by atoms with Crippen LogP contribution < -0.4 is 19.6 Å². The van der Waals surface area contributed by atoms with E-state index in [0.29, 0.717) is 27.4 Å². The van der Waals surface area contributed by atoms with E-state index in [1.54, 1.807) is 48.5 Å². The Bertz CT molecular complexity index is 1690. The maximum absolute atomic E-state index is 13.7. The number of aromatic hydroxyl groups is 2. The van der Waals surface area contributed by atoms with Gasteiger partial charge in [-0.15, -0.1) is 4.73 Å². The number of benzene rings is 2. The highest BCUT2D eigenvalue weighted by molar-refractivity contribution is 6.09. The van der Waals surface area contributed by atoms with Crippen molar-refractivity contribution in [3.05, 3.63) is 66.4 Å². The fourth-order valence-corrected chi connectivity index (χ4v) is 4.04. The standard InChI is InChI=1S/C27H23N5O9/c1-38-16-7-3-14(4-8-16)21-23-25(31-41-30-23)22(15-5-9-17(39-2)10-6-15)29-24(21)26(36)28-18(13-33)27(37)40-32-19(34)11-12-20(32)35/h3-12,18,33-35H,13H2,1-2H3,(H,28,36). The van der Waals surface area contributed by atoms with Crippen LogP contribution in [0.1, 0.15) is 10.5 Å². The third-order valence-corrected chi connectivity index (χ3v) is 6.12. The summed E-state index contributed by atoms with van der Waals surface area (Å²) >= 11 is 0. The molecule has 0 aliphatic heterocycles.